The summed E-state index contributed by atoms with van der Waals surface area (Å²) in [5, 5.41) is 17.5. The van der Waals surface area contributed by atoms with Crippen LogP contribution in [0.15, 0.2) is 33.8 Å². The van der Waals surface area contributed by atoms with E-state index in [1.807, 2.05) is 0 Å². The number of hydrogen-bond acceptors (Lipinski definition) is 6. The highest BCUT2D eigenvalue weighted by molar-refractivity contribution is 6.31. The lowest BCUT2D eigenvalue weighted by molar-refractivity contribution is -0.539. The highest BCUT2D eigenvalue weighted by Crippen LogP contribution is 2.26. The molecule has 0 aromatic rings. The van der Waals surface area contributed by atoms with Gasteiger partial charge in [-0.1, -0.05) is 0 Å². The van der Waals surface area contributed by atoms with Gasteiger partial charge in [0.15, 0.2) is 11.7 Å². The molecule has 8 heteroatoms. The zero-order valence-corrected chi connectivity index (χ0v) is 7.35. The molecule has 15 heavy (non-hydrogen) atoms. The van der Waals surface area contributed by atoms with Crippen molar-refractivity contribution in [2.45, 2.75) is 5.66 Å². The molecule has 1 atom stereocenters. The molecule has 1 aliphatic carbocycles. The summed E-state index contributed by atoms with van der Waals surface area (Å²) in [6, 6.07) is 0. The van der Waals surface area contributed by atoms with Crippen LogP contribution in [0.25, 0.3) is 0 Å². The molecular weight excluding hydrogens is 205 g/mol. The van der Waals surface area contributed by atoms with Crippen molar-refractivity contribution in [2.24, 2.45) is 21.7 Å². The van der Waals surface area contributed by atoms with E-state index in [4.69, 9.17) is 11.5 Å². The molecule has 78 valence electrons. The van der Waals surface area contributed by atoms with Gasteiger partial charge in [-0.05, 0) is 0 Å². The van der Waals surface area contributed by atoms with Crippen LogP contribution in [0.2, 0.25) is 0 Å². The lowest BCUT2D eigenvalue weighted by Crippen LogP contribution is -2.47. The third kappa shape index (κ3) is 1.22. The molecule has 0 radical (unpaired) electrons. The summed E-state index contributed by atoms with van der Waals surface area (Å²) in [4.78, 5) is 9.80. The van der Waals surface area contributed by atoms with Gasteiger partial charge in [0.1, 0.15) is 5.71 Å². The second kappa shape index (κ2) is 2.70. The Morgan fingerprint density at radius 2 is 2.13 bits per heavy atom. The molecule has 0 saturated carbocycles. The van der Waals surface area contributed by atoms with Crippen molar-refractivity contribution in [3.8, 4) is 0 Å². The molecule has 4 N–H and O–H groups in total. The molecule has 0 amide bonds. The summed E-state index contributed by atoms with van der Waals surface area (Å²) in [5.74, 6) is -0.971. The van der Waals surface area contributed by atoms with Gasteiger partial charge in [-0.25, -0.2) is 4.39 Å². The Morgan fingerprint density at radius 3 is 2.73 bits per heavy atom. The number of hydrogen-bond donors (Lipinski definition) is 2. The van der Waals surface area contributed by atoms with Crippen molar-refractivity contribution in [3.63, 3.8) is 0 Å². The summed E-state index contributed by atoms with van der Waals surface area (Å²) in [5.41, 5.74) is 8.58. The monoisotopic (exact) mass is 211 g/mol. The maximum atomic E-state index is 13.3. The van der Waals surface area contributed by atoms with Crippen LogP contribution < -0.4 is 11.5 Å². The number of fused-ring (bicyclic) bond motifs is 1. The average Bonchev–Trinajstić information content (AvgIpc) is 2.48. The van der Waals surface area contributed by atoms with Crippen LogP contribution in [0, 0.1) is 10.1 Å². The Bertz CT molecular complexity index is 478. The minimum absolute atomic E-state index is 0.0641. The number of nitrogens with two attached hydrogens (primary N) is 2. The van der Waals surface area contributed by atoms with Gasteiger partial charge in [0.05, 0.1) is 16.6 Å². The zero-order valence-electron chi connectivity index (χ0n) is 7.35. The Labute approximate surface area is 82.8 Å². The first-order valence-corrected chi connectivity index (χ1v) is 3.91. The zero-order chi connectivity index (χ0) is 11.2. The molecule has 2 aliphatic rings. The van der Waals surface area contributed by atoms with Crippen molar-refractivity contribution < 1.29 is 9.31 Å². The van der Waals surface area contributed by atoms with Crippen LogP contribution in [0.5, 0.6) is 0 Å². The third-order valence-electron chi connectivity index (χ3n) is 2.06. The second-order valence-electron chi connectivity index (χ2n) is 3.13. The molecule has 0 saturated heterocycles. The van der Waals surface area contributed by atoms with Gasteiger partial charge >= 0.3 is 5.66 Å². The summed E-state index contributed by atoms with van der Waals surface area (Å²) < 4.78 is 13.3. The number of halogens is 1. The fraction of sp³-hybridized carbons (Fsp3) is 0.143. The molecule has 1 unspecified atom stereocenters. The highest BCUT2D eigenvalue weighted by Gasteiger charge is 2.42. The highest BCUT2D eigenvalue weighted by atomic mass is 19.1. The van der Waals surface area contributed by atoms with E-state index in [9.17, 15) is 14.5 Å². The summed E-state index contributed by atoms with van der Waals surface area (Å²) in [6.45, 7) is 0. The quantitative estimate of drug-likeness (QED) is 0.343. The molecule has 7 nitrogen and oxygen atoms in total. The topological polar surface area (TPSA) is 120 Å². The van der Waals surface area contributed by atoms with E-state index in [-0.39, 0.29) is 17.1 Å². The lowest BCUT2D eigenvalue weighted by Gasteiger charge is -2.18. The smallest absolute Gasteiger partial charge is 0.314 e. The van der Waals surface area contributed by atoms with Crippen molar-refractivity contribution in [1.82, 2.24) is 0 Å². The van der Waals surface area contributed by atoms with Crippen molar-refractivity contribution in [3.05, 3.63) is 33.7 Å². The minimum Gasteiger partial charge on any atom is -0.382 e. The van der Waals surface area contributed by atoms with Gasteiger partial charge in [0.25, 0.3) is 0 Å². The first-order chi connectivity index (χ1) is 6.94. The van der Waals surface area contributed by atoms with Crippen LogP contribution in [0.4, 0.5) is 4.39 Å². The van der Waals surface area contributed by atoms with Crippen LogP contribution >= 0.6 is 0 Å². The van der Waals surface area contributed by atoms with Crippen LogP contribution in [0.3, 0.4) is 0 Å². The van der Waals surface area contributed by atoms with E-state index in [1.54, 1.807) is 0 Å². The fourth-order valence-corrected chi connectivity index (χ4v) is 1.30. The molecule has 0 aromatic heterocycles. The van der Waals surface area contributed by atoms with Crippen LogP contribution in [-0.2, 0) is 0 Å². The number of rotatable bonds is 1. The number of nitro groups is 1. The molecule has 0 spiro atoms. The molecule has 0 fully saturated rings. The van der Waals surface area contributed by atoms with Crippen LogP contribution in [-0.4, -0.2) is 22.1 Å². The minimum atomic E-state index is -2.09. The predicted molar refractivity (Wildman–Crippen MR) is 50.2 cm³/mol. The Hall–Kier alpha value is -2.09. The second-order valence-corrected chi connectivity index (χ2v) is 3.13. The lowest BCUT2D eigenvalue weighted by atomic mass is 9.95. The van der Waals surface area contributed by atoms with Gasteiger partial charge in [-0.15, -0.1) is 10.2 Å². The van der Waals surface area contributed by atoms with Gasteiger partial charge in [0.2, 0.25) is 0 Å². The SMILES string of the molecule is NC1=NN=C2C(F)=CC(N)([N+](=O)[O-])C=C12. The summed E-state index contributed by atoms with van der Waals surface area (Å²) in [7, 11) is 0. The first kappa shape index (κ1) is 9.46. The van der Waals surface area contributed by atoms with E-state index in [2.05, 4.69) is 10.2 Å². The van der Waals surface area contributed by atoms with Gasteiger partial charge < -0.3 is 5.73 Å². The Morgan fingerprint density at radius 1 is 1.47 bits per heavy atom. The van der Waals surface area contributed by atoms with Gasteiger partial charge in [0, 0.05) is 6.08 Å². The number of nitrogens with zero attached hydrogens (tertiary/aromatic N) is 3. The fourth-order valence-electron chi connectivity index (χ4n) is 1.30. The van der Waals surface area contributed by atoms with E-state index in [0.29, 0.717) is 6.08 Å². The van der Waals surface area contributed by atoms with E-state index >= 15 is 0 Å². The van der Waals surface area contributed by atoms with Crippen molar-refractivity contribution in [1.29, 1.82) is 0 Å². The summed E-state index contributed by atoms with van der Waals surface area (Å²) in [6.07, 6.45) is 1.70. The van der Waals surface area contributed by atoms with E-state index in [1.165, 1.54) is 0 Å². The van der Waals surface area contributed by atoms with Crippen LogP contribution in [0.1, 0.15) is 0 Å². The molecule has 2 rings (SSSR count). The number of allylic oxidation sites excluding steroid dienone is 1. The maximum Gasteiger partial charge on any atom is 0.314 e. The molecule has 1 heterocycles. The largest absolute Gasteiger partial charge is 0.382 e. The Balaban J connectivity index is 2.56. The predicted octanol–water partition coefficient (Wildman–Crippen LogP) is -0.562. The molecular formula is C7H6FN5O2. The van der Waals surface area contributed by atoms with E-state index in [0.717, 1.165) is 6.08 Å². The van der Waals surface area contributed by atoms with Crippen molar-refractivity contribution >= 4 is 11.5 Å². The molecule has 0 bridgehead atoms. The van der Waals surface area contributed by atoms with E-state index < -0.39 is 16.4 Å². The maximum absolute atomic E-state index is 13.3. The third-order valence-corrected chi connectivity index (χ3v) is 2.06. The first-order valence-electron chi connectivity index (χ1n) is 3.91. The van der Waals surface area contributed by atoms with Crippen molar-refractivity contribution in [2.75, 3.05) is 0 Å². The van der Waals surface area contributed by atoms with Gasteiger partial charge in [-0.2, -0.15) is 0 Å². The van der Waals surface area contributed by atoms with Gasteiger partial charge in [-0.3, -0.25) is 15.8 Å². The molecule has 1 aliphatic heterocycles. The molecule has 0 aromatic carbocycles. The average molecular weight is 211 g/mol. The Kier molecular flexibility index (Phi) is 1.70. The summed E-state index contributed by atoms with van der Waals surface area (Å²) >= 11 is 0. The number of amidine groups is 1. The normalized spacial score (nSPS) is 28.7. The standard InChI is InChI=1S/C7H6FN5O2/c8-4-2-7(10,13(14)15)1-3-5(4)11-12-6(3)9/h1-2H,10H2,(H2,9,12).